The zero-order valence-electron chi connectivity index (χ0n) is 14.2. The fourth-order valence-electron chi connectivity index (χ4n) is 3.16. The highest BCUT2D eigenvalue weighted by Crippen LogP contribution is 2.28. The first-order valence-corrected chi connectivity index (χ1v) is 8.43. The summed E-state index contributed by atoms with van der Waals surface area (Å²) in [6.07, 6.45) is 0. The third-order valence-corrected chi connectivity index (χ3v) is 4.68. The Morgan fingerprint density at radius 2 is 1.88 bits per heavy atom. The lowest BCUT2D eigenvalue weighted by Gasteiger charge is -2.37. The minimum atomic E-state index is 0.209. The van der Waals surface area contributed by atoms with Crippen LogP contribution in [-0.2, 0) is 9.53 Å². The van der Waals surface area contributed by atoms with E-state index in [-0.39, 0.29) is 5.91 Å². The van der Waals surface area contributed by atoms with Gasteiger partial charge < -0.3 is 25.0 Å². The molecule has 0 bridgehead atoms. The van der Waals surface area contributed by atoms with Gasteiger partial charge in [0.15, 0.2) is 0 Å². The number of amides is 1. The molecule has 0 spiro atoms. The lowest BCUT2D eigenvalue weighted by molar-refractivity contribution is -0.136. The molecule has 2 N–H and O–H groups in total. The highest BCUT2D eigenvalue weighted by atomic mass is 16.5. The number of nitrogens with zero attached hydrogens (tertiary/aromatic N) is 3. The molecule has 132 valence electrons. The fraction of sp³-hybridized carbons (Fsp3) is 0.588. The van der Waals surface area contributed by atoms with Gasteiger partial charge in [-0.15, -0.1) is 0 Å². The van der Waals surface area contributed by atoms with Crippen LogP contribution >= 0.6 is 0 Å². The van der Waals surface area contributed by atoms with Crippen LogP contribution in [0.2, 0.25) is 0 Å². The summed E-state index contributed by atoms with van der Waals surface area (Å²) in [6.45, 7) is 6.77. The van der Waals surface area contributed by atoms with Crippen molar-refractivity contribution in [3.8, 4) is 5.75 Å². The van der Waals surface area contributed by atoms with Crippen molar-refractivity contribution in [3.05, 3.63) is 18.2 Å². The molecule has 0 aromatic heterocycles. The van der Waals surface area contributed by atoms with E-state index in [1.54, 1.807) is 7.11 Å². The molecule has 2 aliphatic rings. The summed E-state index contributed by atoms with van der Waals surface area (Å²) >= 11 is 0. The van der Waals surface area contributed by atoms with Gasteiger partial charge in [-0.2, -0.15) is 0 Å². The molecular weight excluding hydrogens is 308 g/mol. The number of rotatable bonds is 4. The van der Waals surface area contributed by atoms with E-state index in [1.165, 1.54) is 0 Å². The standard InChI is InChI=1S/C17H26N4O3/c1-23-16-12-14(2-3-15(16)18)20-6-4-19(5-7-20)13-17(22)21-8-10-24-11-9-21/h2-3,12H,4-11,13,18H2,1H3. The normalized spacial score (nSPS) is 19.4. The van der Waals surface area contributed by atoms with Gasteiger partial charge >= 0.3 is 0 Å². The number of hydrogen-bond donors (Lipinski definition) is 1. The molecule has 1 amide bonds. The number of piperazine rings is 1. The topological polar surface area (TPSA) is 71.3 Å². The van der Waals surface area contributed by atoms with E-state index in [4.69, 9.17) is 15.2 Å². The summed E-state index contributed by atoms with van der Waals surface area (Å²) in [5.74, 6) is 0.915. The molecular formula is C17H26N4O3. The summed E-state index contributed by atoms with van der Waals surface area (Å²) in [5, 5.41) is 0. The number of anilines is 2. The Morgan fingerprint density at radius 3 is 2.54 bits per heavy atom. The van der Waals surface area contributed by atoms with E-state index in [0.29, 0.717) is 44.3 Å². The molecule has 2 fully saturated rings. The van der Waals surface area contributed by atoms with E-state index < -0.39 is 0 Å². The van der Waals surface area contributed by atoms with Crippen molar-refractivity contribution in [1.82, 2.24) is 9.80 Å². The first kappa shape index (κ1) is 16.9. The Hall–Kier alpha value is -1.99. The van der Waals surface area contributed by atoms with Crippen LogP contribution in [0.25, 0.3) is 0 Å². The van der Waals surface area contributed by atoms with E-state index in [0.717, 1.165) is 31.9 Å². The first-order valence-electron chi connectivity index (χ1n) is 8.43. The molecule has 0 unspecified atom stereocenters. The Morgan fingerprint density at radius 1 is 1.17 bits per heavy atom. The van der Waals surface area contributed by atoms with Crippen molar-refractivity contribution in [3.63, 3.8) is 0 Å². The van der Waals surface area contributed by atoms with E-state index >= 15 is 0 Å². The minimum Gasteiger partial charge on any atom is -0.495 e. The number of hydrogen-bond acceptors (Lipinski definition) is 6. The first-order chi connectivity index (χ1) is 11.7. The van der Waals surface area contributed by atoms with Crippen LogP contribution in [-0.4, -0.2) is 81.8 Å². The van der Waals surface area contributed by atoms with Crippen molar-refractivity contribution >= 4 is 17.3 Å². The second kappa shape index (κ2) is 7.72. The predicted octanol–water partition coefficient (Wildman–Crippen LogP) is 0.258. The molecule has 7 nitrogen and oxygen atoms in total. The van der Waals surface area contributed by atoms with E-state index in [9.17, 15) is 4.79 Å². The number of carbonyl (C=O) groups excluding carboxylic acids is 1. The molecule has 0 radical (unpaired) electrons. The van der Waals surface area contributed by atoms with Crippen LogP contribution < -0.4 is 15.4 Å². The van der Waals surface area contributed by atoms with Crippen LogP contribution in [0.1, 0.15) is 0 Å². The number of ether oxygens (including phenoxy) is 2. The van der Waals surface area contributed by atoms with Crippen LogP contribution in [0.15, 0.2) is 18.2 Å². The Balaban J connectivity index is 1.51. The fourth-order valence-corrected chi connectivity index (χ4v) is 3.16. The molecule has 1 aromatic rings. The largest absolute Gasteiger partial charge is 0.495 e. The Labute approximate surface area is 142 Å². The maximum absolute atomic E-state index is 12.3. The number of morpholine rings is 1. The number of benzene rings is 1. The van der Waals surface area contributed by atoms with Crippen LogP contribution in [0.5, 0.6) is 5.75 Å². The number of carbonyl (C=O) groups is 1. The van der Waals surface area contributed by atoms with Crippen molar-refractivity contribution < 1.29 is 14.3 Å². The molecule has 2 aliphatic heterocycles. The van der Waals surface area contributed by atoms with Gasteiger partial charge in [-0.25, -0.2) is 0 Å². The monoisotopic (exact) mass is 334 g/mol. The maximum Gasteiger partial charge on any atom is 0.236 e. The van der Waals surface area contributed by atoms with Gasteiger partial charge in [0.1, 0.15) is 5.75 Å². The van der Waals surface area contributed by atoms with Gasteiger partial charge in [-0.3, -0.25) is 9.69 Å². The lowest BCUT2D eigenvalue weighted by Crippen LogP contribution is -2.51. The Kier molecular flexibility index (Phi) is 5.42. The number of nitrogen functional groups attached to an aromatic ring is 1. The third kappa shape index (κ3) is 3.91. The van der Waals surface area contributed by atoms with Crippen molar-refractivity contribution in [1.29, 1.82) is 0 Å². The SMILES string of the molecule is COc1cc(N2CCN(CC(=O)N3CCOCC3)CC2)ccc1N. The van der Waals surface area contributed by atoms with E-state index in [2.05, 4.69) is 9.80 Å². The molecule has 0 atom stereocenters. The summed E-state index contributed by atoms with van der Waals surface area (Å²) in [5.41, 5.74) is 7.63. The average Bonchev–Trinajstić information content (AvgIpc) is 2.63. The molecule has 3 rings (SSSR count). The zero-order chi connectivity index (χ0) is 16.9. The van der Waals surface area contributed by atoms with Crippen molar-refractivity contribution in [2.45, 2.75) is 0 Å². The summed E-state index contributed by atoms with van der Waals surface area (Å²) in [7, 11) is 1.63. The summed E-state index contributed by atoms with van der Waals surface area (Å²) in [4.78, 5) is 18.8. The van der Waals surface area contributed by atoms with Gasteiger partial charge in [-0.05, 0) is 12.1 Å². The molecule has 0 aliphatic carbocycles. The zero-order valence-corrected chi connectivity index (χ0v) is 14.2. The van der Waals surface area contributed by atoms with Gasteiger partial charge in [0.25, 0.3) is 0 Å². The number of nitrogens with two attached hydrogens (primary N) is 1. The van der Waals surface area contributed by atoms with Crippen LogP contribution in [0, 0.1) is 0 Å². The summed E-state index contributed by atoms with van der Waals surface area (Å²) in [6, 6.07) is 5.87. The van der Waals surface area contributed by atoms with Gasteiger partial charge in [0, 0.05) is 51.0 Å². The smallest absolute Gasteiger partial charge is 0.236 e. The second-order valence-corrected chi connectivity index (χ2v) is 6.18. The predicted molar refractivity (Wildman–Crippen MR) is 93.5 cm³/mol. The maximum atomic E-state index is 12.3. The van der Waals surface area contributed by atoms with E-state index in [1.807, 2.05) is 23.1 Å². The lowest BCUT2D eigenvalue weighted by atomic mass is 10.2. The van der Waals surface area contributed by atoms with Crippen molar-refractivity contribution in [2.24, 2.45) is 0 Å². The highest BCUT2D eigenvalue weighted by molar-refractivity contribution is 5.78. The summed E-state index contributed by atoms with van der Waals surface area (Å²) < 4.78 is 10.6. The average molecular weight is 334 g/mol. The van der Waals surface area contributed by atoms with Gasteiger partial charge in [-0.1, -0.05) is 0 Å². The molecule has 2 saturated heterocycles. The Bertz CT molecular complexity index is 567. The molecule has 1 aromatic carbocycles. The quantitative estimate of drug-likeness (QED) is 0.797. The molecule has 24 heavy (non-hydrogen) atoms. The van der Waals surface area contributed by atoms with Gasteiger partial charge in [0.05, 0.1) is 32.6 Å². The molecule has 0 saturated carbocycles. The number of methoxy groups -OCH3 is 1. The molecule has 2 heterocycles. The highest BCUT2D eigenvalue weighted by Gasteiger charge is 2.23. The third-order valence-electron chi connectivity index (χ3n) is 4.68. The molecule has 7 heteroatoms. The minimum absolute atomic E-state index is 0.209. The second-order valence-electron chi connectivity index (χ2n) is 6.18. The van der Waals surface area contributed by atoms with Crippen LogP contribution in [0.4, 0.5) is 11.4 Å². The van der Waals surface area contributed by atoms with Gasteiger partial charge in [0.2, 0.25) is 5.91 Å². The van der Waals surface area contributed by atoms with Crippen LogP contribution in [0.3, 0.4) is 0 Å². The van der Waals surface area contributed by atoms with Crippen molar-refractivity contribution in [2.75, 3.05) is 76.8 Å².